The molecule has 2 aromatic rings. The summed E-state index contributed by atoms with van der Waals surface area (Å²) in [5.74, 6) is -0.331. The minimum absolute atomic E-state index is 0.331. The van der Waals surface area contributed by atoms with Gasteiger partial charge in [0.1, 0.15) is 17.1 Å². The number of carbonyl (C=O) groups is 1. The maximum atomic E-state index is 13.4. The van der Waals surface area contributed by atoms with Crippen LogP contribution in [0.25, 0.3) is 16.7 Å². The topological polar surface area (TPSA) is 102 Å². The molecule has 7 heteroatoms. The zero-order chi connectivity index (χ0) is 23.0. The molecule has 1 unspecified atom stereocenters. The lowest BCUT2D eigenvalue weighted by Gasteiger charge is -2.30. The molecular weight excluding hydrogens is 397 g/mol. The molecule has 0 aliphatic carbocycles. The number of nitrogens with zero attached hydrogens (tertiary/aromatic N) is 1. The van der Waals surface area contributed by atoms with Gasteiger partial charge < -0.3 is 20.5 Å². The Hall–Kier alpha value is -2.90. The van der Waals surface area contributed by atoms with Gasteiger partial charge in [-0.05, 0) is 75.1 Å². The molecule has 1 aliphatic rings. The van der Waals surface area contributed by atoms with Gasteiger partial charge in [-0.1, -0.05) is 18.2 Å². The number of hydrogen-bond acceptors (Lipinski definition) is 5. The molecule has 0 saturated carbocycles. The van der Waals surface area contributed by atoms with Crippen molar-refractivity contribution >= 4 is 17.4 Å². The highest BCUT2D eigenvalue weighted by Crippen LogP contribution is 2.37. The van der Waals surface area contributed by atoms with Gasteiger partial charge in [0.05, 0.1) is 0 Å². The number of benzene rings is 2. The van der Waals surface area contributed by atoms with Crippen molar-refractivity contribution in [3.05, 3.63) is 59.4 Å². The van der Waals surface area contributed by atoms with E-state index in [-0.39, 0.29) is 11.9 Å². The van der Waals surface area contributed by atoms with E-state index < -0.39 is 11.3 Å². The Bertz CT molecular complexity index is 1000. The number of anilines is 1. The number of carbonyl (C=O) groups excluding carboxylic acids is 1. The van der Waals surface area contributed by atoms with Gasteiger partial charge >= 0.3 is 6.09 Å². The summed E-state index contributed by atoms with van der Waals surface area (Å²) >= 11 is 0. The van der Waals surface area contributed by atoms with Gasteiger partial charge in [-0.3, -0.25) is 5.73 Å². The number of hydrogen-bond donors (Lipinski definition) is 3. The second-order valence-electron chi connectivity index (χ2n) is 9.05. The third kappa shape index (κ3) is 5.42. The van der Waals surface area contributed by atoms with Crippen LogP contribution in [-0.2, 0) is 10.5 Å². The molecule has 6 nitrogen and oxygen atoms in total. The minimum atomic E-state index is -1.65. The molecule has 0 bridgehead atoms. The van der Waals surface area contributed by atoms with Crippen molar-refractivity contribution in [3.63, 3.8) is 0 Å². The summed E-state index contributed by atoms with van der Waals surface area (Å²) in [7, 11) is 0. The van der Waals surface area contributed by atoms with E-state index in [4.69, 9.17) is 16.2 Å². The van der Waals surface area contributed by atoms with Gasteiger partial charge in [-0.25, -0.2) is 9.18 Å². The van der Waals surface area contributed by atoms with Crippen LogP contribution in [0, 0.1) is 5.82 Å². The second-order valence-corrected chi connectivity index (χ2v) is 9.05. The van der Waals surface area contributed by atoms with Gasteiger partial charge in [-0.15, -0.1) is 0 Å². The maximum absolute atomic E-state index is 13.4. The van der Waals surface area contributed by atoms with Crippen LogP contribution >= 0.6 is 0 Å². The van der Waals surface area contributed by atoms with Gasteiger partial charge in [0.2, 0.25) is 0 Å². The van der Waals surface area contributed by atoms with Gasteiger partial charge in [-0.2, -0.15) is 0 Å². The molecule has 0 spiro atoms. The van der Waals surface area contributed by atoms with Crippen LogP contribution in [-0.4, -0.2) is 34.8 Å². The number of rotatable bonds is 3. The summed E-state index contributed by atoms with van der Waals surface area (Å²) in [5, 5.41) is 10.5. The predicted molar refractivity (Wildman–Crippen MR) is 120 cm³/mol. The van der Waals surface area contributed by atoms with Crippen LogP contribution in [0.1, 0.15) is 45.2 Å². The lowest BCUT2D eigenvalue weighted by molar-refractivity contribution is 0.0270. The van der Waals surface area contributed by atoms with E-state index >= 15 is 0 Å². The Labute approximate surface area is 182 Å². The molecule has 1 heterocycles. The molecule has 166 valence electrons. The molecule has 2 aromatic carbocycles. The van der Waals surface area contributed by atoms with Gasteiger partial charge in [0, 0.05) is 29.9 Å². The van der Waals surface area contributed by atoms with E-state index in [1.54, 1.807) is 23.1 Å². The highest BCUT2D eigenvalue weighted by Gasteiger charge is 2.27. The van der Waals surface area contributed by atoms with E-state index in [9.17, 15) is 14.3 Å². The van der Waals surface area contributed by atoms with E-state index in [1.165, 1.54) is 19.1 Å². The number of nitrogens with two attached hydrogens (primary N) is 2. The molecular formula is C24H30FN3O3. The first-order valence-corrected chi connectivity index (χ1v) is 10.2. The first kappa shape index (κ1) is 22.8. The summed E-state index contributed by atoms with van der Waals surface area (Å²) in [6.07, 6.45) is 2.15. The smallest absolute Gasteiger partial charge is 0.410 e. The third-order valence-electron chi connectivity index (χ3n) is 5.11. The second kappa shape index (κ2) is 8.32. The standard InChI is InChI=1S/C24H30FN3O3/c1-23(2,3)31-22(29)28-11-9-16(10-12-28)19-13-17(15-5-7-18(25)8-6-15)14-20(21(19)26)24(4,27)30/h5-9,13-14,30H,10-12,26-27H2,1-4H3. The summed E-state index contributed by atoms with van der Waals surface area (Å²) in [4.78, 5) is 14.0. The first-order valence-electron chi connectivity index (χ1n) is 10.2. The Morgan fingerprint density at radius 1 is 1.13 bits per heavy atom. The lowest BCUT2D eigenvalue weighted by Crippen LogP contribution is -2.39. The number of amides is 1. The van der Waals surface area contributed by atoms with E-state index in [2.05, 4.69) is 0 Å². The van der Waals surface area contributed by atoms with Crippen LogP contribution in [0.15, 0.2) is 42.5 Å². The van der Waals surface area contributed by atoms with Crippen molar-refractivity contribution in [2.75, 3.05) is 18.8 Å². The van der Waals surface area contributed by atoms with Gasteiger partial charge in [0.15, 0.2) is 0 Å². The zero-order valence-corrected chi connectivity index (χ0v) is 18.4. The lowest BCUT2D eigenvalue weighted by atomic mass is 9.88. The van der Waals surface area contributed by atoms with E-state index in [0.29, 0.717) is 30.8 Å². The SMILES string of the molecule is CC(C)(C)OC(=O)N1CC=C(c2cc(-c3ccc(F)cc3)cc(C(C)(N)O)c2N)CC1. The molecule has 1 amide bonds. The minimum Gasteiger partial charge on any atom is -0.444 e. The molecule has 1 atom stereocenters. The molecule has 1 aliphatic heterocycles. The summed E-state index contributed by atoms with van der Waals surface area (Å²) in [6.45, 7) is 7.83. The fraction of sp³-hybridized carbons (Fsp3) is 0.375. The number of nitrogen functional groups attached to an aromatic ring is 1. The number of aliphatic hydroxyl groups is 1. The Morgan fingerprint density at radius 3 is 2.29 bits per heavy atom. The maximum Gasteiger partial charge on any atom is 0.410 e. The van der Waals surface area contributed by atoms with Crippen LogP contribution in [0.5, 0.6) is 0 Å². The first-order chi connectivity index (χ1) is 14.3. The van der Waals surface area contributed by atoms with Crippen LogP contribution in [0.3, 0.4) is 0 Å². The van der Waals surface area contributed by atoms with Crippen molar-refractivity contribution in [1.29, 1.82) is 0 Å². The fourth-order valence-electron chi connectivity index (χ4n) is 3.55. The zero-order valence-electron chi connectivity index (χ0n) is 18.4. The van der Waals surface area contributed by atoms with Crippen molar-refractivity contribution in [2.45, 2.75) is 45.4 Å². The van der Waals surface area contributed by atoms with Gasteiger partial charge in [0.25, 0.3) is 0 Å². The highest BCUT2D eigenvalue weighted by atomic mass is 19.1. The average Bonchev–Trinajstić information content (AvgIpc) is 2.67. The average molecular weight is 428 g/mol. The Kier molecular flexibility index (Phi) is 6.11. The number of ether oxygens (including phenoxy) is 1. The van der Waals surface area contributed by atoms with Crippen LogP contribution < -0.4 is 11.5 Å². The number of halogens is 1. The van der Waals surface area contributed by atoms with Crippen LogP contribution in [0.4, 0.5) is 14.9 Å². The molecule has 3 rings (SSSR count). The van der Waals surface area contributed by atoms with Crippen molar-refractivity contribution in [3.8, 4) is 11.1 Å². The molecule has 0 radical (unpaired) electrons. The normalized spacial score (nSPS) is 16.5. The Morgan fingerprint density at radius 2 is 1.77 bits per heavy atom. The molecule has 0 fully saturated rings. The molecule has 0 aromatic heterocycles. The quantitative estimate of drug-likeness (QED) is 0.503. The summed E-state index contributed by atoms with van der Waals surface area (Å²) in [5.41, 5.74) is 14.2. The van der Waals surface area contributed by atoms with Crippen molar-refractivity contribution in [1.82, 2.24) is 4.90 Å². The highest BCUT2D eigenvalue weighted by molar-refractivity contribution is 5.84. The van der Waals surface area contributed by atoms with Crippen molar-refractivity contribution < 1.29 is 19.0 Å². The summed E-state index contributed by atoms with van der Waals surface area (Å²) < 4.78 is 18.8. The largest absolute Gasteiger partial charge is 0.444 e. The summed E-state index contributed by atoms with van der Waals surface area (Å²) in [6, 6.07) is 9.72. The van der Waals surface area contributed by atoms with Crippen LogP contribution in [0.2, 0.25) is 0 Å². The van der Waals surface area contributed by atoms with E-state index in [1.807, 2.05) is 32.9 Å². The van der Waals surface area contributed by atoms with Crippen molar-refractivity contribution in [2.24, 2.45) is 5.73 Å². The Balaban J connectivity index is 1.98. The molecule has 5 N–H and O–H groups in total. The fourth-order valence-corrected chi connectivity index (χ4v) is 3.55. The monoisotopic (exact) mass is 427 g/mol. The third-order valence-corrected chi connectivity index (χ3v) is 5.11. The predicted octanol–water partition coefficient (Wildman–Crippen LogP) is 4.22. The molecule has 31 heavy (non-hydrogen) atoms. The molecule has 0 saturated heterocycles. The van der Waals surface area contributed by atoms with E-state index in [0.717, 1.165) is 22.3 Å².